The summed E-state index contributed by atoms with van der Waals surface area (Å²) in [7, 11) is 0. The van der Waals surface area contributed by atoms with Gasteiger partial charge in [-0.3, -0.25) is 4.90 Å². The molecule has 0 heterocycles. The maximum atomic E-state index is 14.0. The van der Waals surface area contributed by atoms with Crippen molar-refractivity contribution in [2.45, 2.75) is 46.2 Å². The van der Waals surface area contributed by atoms with Crippen LogP contribution >= 0.6 is 0 Å². The fourth-order valence-corrected chi connectivity index (χ4v) is 2.50. The Bertz CT molecular complexity index is 379. The van der Waals surface area contributed by atoms with Crippen molar-refractivity contribution in [2.24, 2.45) is 11.7 Å². The first-order valence-electron chi connectivity index (χ1n) is 7.25. The molecule has 3 heteroatoms. The van der Waals surface area contributed by atoms with Gasteiger partial charge in [-0.25, -0.2) is 4.39 Å². The minimum Gasteiger partial charge on any atom is -0.326 e. The highest BCUT2D eigenvalue weighted by molar-refractivity contribution is 5.22. The summed E-state index contributed by atoms with van der Waals surface area (Å²) in [6.07, 6.45) is 1.12. The lowest BCUT2D eigenvalue weighted by atomic mass is 9.97. The van der Waals surface area contributed by atoms with Gasteiger partial charge in [0.25, 0.3) is 0 Å². The van der Waals surface area contributed by atoms with Crippen LogP contribution < -0.4 is 5.73 Å². The molecular weight excluding hydrogens is 239 g/mol. The molecule has 3 unspecified atom stereocenters. The van der Waals surface area contributed by atoms with E-state index in [1.54, 1.807) is 6.07 Å². The Morgan fingerprint density at radius 1 is 1.21 bits per heavy atom. The van der Waals surface area contributed by atoms with Gasteiger partial charge in [0, 0.05) is 18.2 Å². The summed E-state index contributed by atoms with van der Waals surface area (Å²) in [5.74, 6) is 0.431. The van der Waals surface area contributed by atoms with Crippen molar-refractivity contribution in [1.29, 1.82) is 0 Å². The molecule has 0 spiro atoms. The third-order valence-corrected chi connectivity index (χ3v) is 3.76. The van der Waals surface area contributed by atoms with Crippen LogP contribution in [-0.4, -0.2) is 24.0 Å². The van der Waals surface area contributed by atoms with Crippen LogP contribution in [-0.2, 0) is 0 Å². The number of benzene rings is 1. The Morgan fingerprint density at radius 3 is 2.32 bits per heavy atom. The molecule has 0 bridgehead atoms. The van der Waals surface area contributed by atoms with Crippen LogP contribution in [0.5, 0.6) is 0 Å². The topological polar surface area (TPSA) is 29.3 Å². The van der Waals surface area contributed by atoms with Gasteiger partial charge in [0.05, 0.1) is 6.04 Å². The molecule has 1 aromatic carbocycles. The van der Waals surface area contributed by atoms with E-state index in [-0.39, 0.29) is 17.9 Å². The second-order valence-electron chi connectivity index (χ2n) is 5.43. The first-order chi connectivity index (χ1) is 9.01. The van der Waals surface area contributed by atoms with Gasteiger partial charge in [0.1, 0.15) is 5.82 Å². The Morgan fingerprint density at radius 2 is 1.84 bits per heavy atom. The number of likely N-dealkylation sites (N-methyl/N-ethyl adjacent to an activating group) is 1. The van der Waals surface area contributed by atoms with Gasteiger partial charge in [-0.1, -0.05) is 45.4 Å². The van der Waals surface area contributed by atoms with Gasteiger partial charge in [-0.2, -0.15) is 0 Å². The second kappa shape index (κ2) is 7.61. The highest BCUT2D eigenvalue weighted by atomic mass is 19.1. The minimum atomic E-state index is -0.160. The lowest BCUT2D eigenvalue weighted by Crippen LogP contribution is -2.41. The van der Waals surface area contributed by atoms with E-state index in [0.29, 0.717) is 11.5 Å². The number of halogens is 1. The van der Waals surface area contributed by atoms with Crippen molar-refractivity contribution in [3.05, 3.63) is 35.6 Å². The summed E-state index contributed by atoms with van der Waals surface area (Å²) in [6.45, 7) is 10.3. The highest BCUT2D eigenvalue weighted by Gasteiger charge is 2.26. The average molecular weight is 266 g/mol. The fraction of sp³-hybridized carbons (Fsp3) is 0.625. The van der Waals surface area contributed by atoms with Gasteiger partial charge < -0.3 is 5.73 Å². The van der Waals surface area contributed by atoms with Crippen LogP contribution in [0.1, 0.15) is 45.7 Å². The normalized spacial score (nSPS) is 16.4. The number of rotatable bonds is 7. The molecule has 0 aliphatic carbocycles. The second-order valence-corrected chi connectivity index (χ2v) is 5.43. The number of hydrogen-bond donors (Lipinski definition) is 1. The molecule has 0 saturated heterocycles. The number of nitrogens with two attached hydrogens (primary N) is 1. The Balaban J connectivity index is 3.02. The van der Waals surface area contributed by atoms with E-state index in [1.165, 1.54) is 6.07 Å². The van der Waals surface area contributed by atoms with Crippen molar-refractivity contribution in [3.63, 3.8) is 0 Å². The zero-order valence-electron chi connectivity index (χ0n) is 12.6. The summed E-state index contributed by atoms with van der Waals surface area (Å²) < 4.78 is 14.0. The summed E-state index contributed by atoms with van der Waals surface area (Å²) in [5.41, 5.74) is 6.83. The van der Waals surface area contributed by atoms with Crippen LogP contribution in [0, 0.1) is 11.7 Å². The molecule has 0 fully saturated rings. The third kappa shape index (κ3) is 4.29. The average Bonchev–Trinajstić information content (AvgIpc) is 2.39. The van der Waals surface area contributed by atoms with Crippen molar-refractivity contribution < 1.29 is 4.39 Å². The Labute approximate surface area is 116 Å². The zero-order valence-corrected chi connectivity index (χ0v) is 12.6. The standard InChI is InChI=1S/C16H27FN2/c1-5-12(3)11-19(6-2)16(13(4)18)14-9-7-8-10-15(14)17/h7-10,12-13,16H,5-6,11,18H2,1-4H3. The monoisotopic (exact) mass is 266 g/mol. The van der Waals surface area contributed by atoms with Crippen molar-refractivity contribution in [2.75, 3.05) is 13.1 Å². The van der Waals surface area contributed by atoms with Crippen LogP contribution in [0.4, 0.5) is 4.39 Å². The van der Waals surface area contributed by atoms with E-state index in [1.807, 2.05) is 19.1 Å². The molecule has 0 saturated carbocycles. The molecule has 2 N–H and O–H groups in total. The van der Waals surface area contributed by atoms with Crippen molar-refractivity contribution in [1.82, 2.24) is 4.90 Å². The predicted octanol–water partition coefficient (Wildman–Crippen LogP) is 3.58. The molecule has 19 heavy (non-hydrogen) atoms. The molecule has 0 aliphatic rings. The van der Waals surface area contributed by atoms with Crippen LogP contribution in [0.25, 0.3) is 0 Å². The van der Waals surface area contributed by atoms with Crippen LogP contribution in [0.15, 0.2) is 24.3 Å². The maximum absolute atomic E-state index is 14.0. The van der Waals surface area contributed by atoms with Gasteiger partial charge in [0.15, 0.2) is 0 Å². The molecule has 0 amide bonds. The van der Waals surface area contributed by atoms with E-state index >= 15 is 0 Å². The van der Waals surface area contributed by atoms with Gasteiger partial charge in [0.2, 0.25) is 0 Å². The quantitative estimate of drug-likeness (QED) is 0.817. The van der Waals surface area contributed by atoms with Crippen molar-refractivity contribution >= 4 is 0 Å². The van der Waals surface area contributed by atoms with E-state index in [0.717, 1.165) is 19.5 Å². The van der Waals surface area contributed by atoms with E-state index in [2.05, 4.69) is 25.7 Å². The summed E-state index contributed by atoms with van der Waals surface area (Å²) in [5, 5.41) is 0. The lowest BCUT2D eigenvalue weighted by Gasteiger charge is -2.35. The molecule has 1 rings (SSSR count). The van der Waals surface area contributed by atoms with E-state index in [9.17, 15) is 4.39 Å². The smallest absolute Gasteiger partial charge is 0.128 e. The van der Waals surface area contributed by atoms with E-state index < -0.39 is 0 Å². The summed E-state index contributed by atoms with van der Waals surface area (Å²) in [4.78, 5) is 2.29. The Hall–Kier alpha value is -0.930. The lowest BCUT2D eigenvalue weighted by molar-refractivity contribution is 0.157. The number of hydrogen-bond acceptors (Lipinski definition) is 2. The molecule has 2 nitrogen and oxygen atoms in total. The van der Waals surface area contributed by atoms with Crippen LogP contribution in [0.2, 0.25) is 0 Å². The van der Waals surface area contributed by atoms with Crippen molar-refractivity contribution in [3.8, 4) is 0 Å². The van der Waals surface area contributed by atoms with Gasteiger partial charge in [-0.05, 0) is 25.5 Å². The zero-order chi connectivity index (χ0) is 14.4. The van der Waals surface area contributed by atoms with Gasteiger partial charge in [-0.15, -0.1) is 0 Å². The summed E-state index contributed by atoms with van der Waals surface area (Å²) in [6, 6.07) is 6.82. The fourth-order valence-electron chi connectivity index (χ4n) is 2.50. The molecule has 0 aliphatic heterocycles. The maximum Gasteiger partial charge on any atom is 0.128 e. The first kappa shape index (κ1) is 16.1. The summed E-state index contributed by atoms with van der Waals surface area (Å²) >= 11 is 0. The largest absolute Gasteiger partial charge is 0.326 e. The molecule has 3 atom stereocenters. The first-order valence-corrected chi connectivity index (χ1v) is 7.25. The predicted molar refractivity (Wildman–Crippen MR) is 79.5 cm³/mol. The molecule has 0 aromatic heterocycles. The van der Waals surface area contributed by atoms with Gasteiger partial charge >= 0.3 is 0 Å². The minimum absolute atomic E-state index is 0.0554. The SMILES string of the molecule is CCC(C)CN(CC)C(c1ccccc1F)C(C)N. The highest BCUT2D eigenvalue weighted by Crippen LogP contribution is 2.26. The molecule has 1 aromatic rings. The third-order valence-electron chi connectivity index (χ3n) is 3.76. The molecule has 0 radical (unpaired) electrons. The molecular formula is C16H27FN2. The number of nitrogens with zero attached hydrogens (tertiary/aromatic N) is 1. The molecule has 108 valence electrons. The Kier molecular flexibility index (Phi) is 6.46. The van der Waals surface area contributed by atoms with E-state index in [4.69, 9.17) is 5.73 Å². The van der Waals surface area contributed by atoms with Crippen LogP contribution in [0.3, 0.4) is 0 Å².